The Hall–Kier alpha value is -1.11. The molecular formula is C13H14INO3. The quantitative estimate of drug-likeness (QED) is 0.813. The van der Waals surface area contributed by atoms with Crippen molar-refractivity contribution < 1.29 is 14.7 Å². The molecule has 1 aromatic rings. The van der Waals surface area contributed by atoms with Crippen molar-refractivity contribution in [3.8, 4) is 0 Å². The Kier molecular flexibility index (Phi) is 3.89. The SMILES string of the molecule is O=C(CC1(C(=O)O)CCC1)Nc1ccc(I)cc1. The number of carboxylic acid groups (broad SMARTS) is 1. The number of carbonyl (C=O) groups excluding carboxylic acids is 1. The molecule has 96 valence electrons. The number of hydrogen-bond donors (Lipinski definition) is 2. The maximum atomic E-state index is 11.8. The maximum Gasteiger partial charge on any atom is 0.310 e. The number of nitrogens with one attached hydrogen (secondary N) is 1. The van der Waals surface area contributed by atoms with Gasteiger partial charge in [0.25, 0.3) is 0 Å². The molecule has 1 aromatic carbocycles. The summed E-state index contributed by atoms with van der Waals surface area (Å²) in [6.45, 7) is 0. The van der Waals surface area contributed by atoms with Crippen LogP contribution in [0, 0.1) is 8.99 Å². The van der Waals surface area contributed by atoms with E-state index in [-0.39, 0.29) is 12.3 Å². The van der Waals surface area contributed by atoms with Crippen LogP contribution in [0.15, 0.2) is 24.3 Å². The lowest BCUT2D eigenvalue weighted by Gasteiger charge is -2.36. The molecule has 2 rings (SSSR count). The third kappa shape index (κ3) is 2.82. The molecule has 0 aliphatic heterocycles. The van der Waals surface area contributed by atoms with Crippen LogP contribution >= 0.6 is 22.6 Å². The molecule has 0 spiro atoms. The zero-order valence-corrected chi connectivity index (χ0v) is 11.9. The minimum Gasteiger partial charge on any atom is -0.481 e. The zero-order valence-electron chi connectivity index (χ0n) is 9.78. The summed E-state index contributed by atoms with van der Waals surface area (Å²) in [6, 6.07) is 7.42. The van der Waals surface area contributed by atoms with Crippen molar-refractivity contribution in [3.63, 3.8) is 0 Å². The lowest BCUT2D eigenvalue weighted by atomic mass is 9.66. The standard InChI is InChI=1S/C13H14INO3/c14-9-2-4-10(5-3-9)15-11(16)8-13(12(17)18)6-1-7-13/h2-5H,1,6-8H2,(H,15,16)(H,17,18). The second kappa shape index (κ2) is 5.26. The van der Waals surface area contributed by atoms with Gasteiger partial charge in [-0.3, -0.25) is 9.59 Å². The average molecular weight is 359 g/mol. The summed E-state index contributed by atoms with van der Waals surface area (Å²) in [6.07, 6.45) is 2.16. The highest BCUT2D eigenvalue weighted by Gasteiger charge is 2.45. The van der Waals surface area contributed by atoms with E-state index in [1.54, 1.807) is 0 Å². The number of halogens is 1. The Morgan fingerprint density at radius 2 is 1.89 bits per heavy atom. The van der Waals surface area contributed by atoms with Gasteiger partial charge in [0.15, 0.2) is 0 Å². The number of hydrogen-bond acceptors (Lipinski definition) is 2. The van der Waals surface area contributed by atoms with Crippen molar-refractivity contribution in [1.82, 2.24) is 0 Å². The highest BCUT2D eigenvalue weighted by molar-refractivity contribution is 14.1. The first-order chi connectivity index (χ1) is 8.52. The second-order valence-corrected chi connectivity index (χ2v) is 5.92. The van der Waals surface area contributed by atoms with Gasteiger partial charge in [0.05, 0.1) is 5.41 Å². The summed E-state index contributed by atoms with van der Waals surface area (Å²) in [5.41, 5.74) is -0.118. The maximum absolute atomic E-state index is 11.8. The van der Waals surface area contributed by atoms with Crippen LogP contribution in [0.3, 0.4) is 0 Å². The molecule has 2 N–H and O–H groups in total. The van der Waals surface area contributed by atoms with E-state index in [1.807, 2.05) is 24.3 Å². The molecule has 0 aromatic heterocycles. The van der Waals surface area contributed by atoms with E-state index < -0.39 is 11.4 Å². The van der Waals surface area contributed by atoms with E-state index in [1.165, 1.54) is 0 Å². The molecular weight excluding hydrogens is 345 g/mol. The number of amides is 1. The monoisotopic (exact) mass is 359 g/mol. The number of carboxylic acids is 1. The van der Waals surface area contributed by atoms with Gasteiger partial charge in [0.1, 0.15) is 0 Å². The van der Waals surface area contributed by atoms with Crippen LogP contribution in [0.2, 0.25) is 0 Å². The highest BCUT2D eigenvalue weighted by atomic mass is 127. The minimum atomic E-state index is -0.855. The highest BCUT2D eigenvalue weighted by Crippen LogP contribution is 2.44. The fourth-order valence-electron chi connectivity index (χ4n) is 2.12. The largest absolute Gasteiger partial charge is 0.481 e. The average Bonchev–Trinajstić information content (AvgIpc) is 2.26. The molecule has 1 fully saturated rings. The first kappa shape index (κ1) is 13.3. The van der Waals surface area contributed by atoms with Crippen LogP contribution in [0.25, 0.3) is 0 Å². The van der Waals surface area contributed by atoms with E-state index >= 15 is 0 Å². The van der Waals surface area contributed by atoms with Gasteiger partial charge in [-0.15, -0.1) is 0 Å². The van der Waals surface area contributed by atoms with Gasteiger partial charge >= 0.3 is 5.97 Å². The number of benzene rings is 1. The molecule has 1 amide bonds. The third-order valence-corrected chi connectivity index (χ3v) is 4.11. The van der Waals surface area contributed by atoms with Gasteiger partial charge in [0, 0.05) is 15.7 Å². The number of carbonyl (C=O) groups is 2. The first-order valence-electron chi connectivity index (χ1n) is 5.81. The van der Waals surface area contributed by atoms with Gasteiger partial charge < -0.3 is 10.4 Å². The van der Waals surface area contributed by atoms with Gasteiger partial charge in [-0.05, 0) is 59.7 Å². The van der Waals surface area contributed by atoms with Crippen LogP contribution in [0.1, 0.15) is 25.7 Å². The molecule has 18 heavy (non-hydrogen) atoms. The number of anilines is 1. The fraction of sp³-hybridized carbons (Fsp3) is 0.385. The Labute approximate surface area is 119 Å². The smallest absolute Gasteiger partial charge is 0.310 e. The molecule has 1 aliphatic rings. The molecule has 0 atom stereocenters. The summed E-state index contributed by atoms with van der Waals surface area (Å²) < 4.78 is 1.09. The van der Waals surface area contributed by atoms with Gasteiger partial charge in [-0.2, -0.15) is 0 Å². The lowest BCUT2D eigenvalue weighted by molar-refractivity contribution is -0.157. The Morgan fingerprint density at radius 1 is 1.28 bits per heavy atom. The summed E-state index contributed by atoms with van der Waals surface area (Å²) in [7, 11) is 0. The van der Waals surface area contributed by atoms with Crippen LogP contribution in [-0.4, -0.2) is 17.0 Å². The van der Waals surface area contributed by atoms with Crippen LogP contribution in [-0.2, 0) is 9.59 Å². The van der Waals surface area contributed by atoms with E-state index in [0.29, 0.717) is 18.5 Å². The van der Waals surface area contributed by atoms with Gasteiger partial charge in [-0.25, -0.2) is 0 Å². The van der Waals surface area contributed by atoms with E-state index in [4.69, 9.17) is 5.11 Å². The summed E-state index contributed by atoms with van der Waals surface area (Å²) in [5, 5.41) is 11.9. The minimum absolute atomic E-state index is 0.0638. The molecule has 1 aliphatic carbocycles. The second-order valence-electron chi connectivity index (χ2n) is 4.67. The van der Waals surface area contributed by atoms with Crippen molar-refractivity contribution in [2.75, 3.05) is 5.32 Å². The fourth-order valence-corrected chi connectivity index (χ4v) is 2.48. The molecule has 0 heterocycles. The summed E-state index contributed by atoms with van der Waals surface area (Å²) in [5.74, 6) is -1.08. The first-order valence-corrected chi connectivity index (χ1v) is 6.89. The predicted octanol–water partition coefficient (Wildman–Crippen LogP) is 2.87. The van der Waals surface area contributed by atoms with Crippen LogP contribution < -0.4 is 5.32 Å². The Balaban J connectivity index is 1.96. The van der Waals surface area contributed by atoms with Gasteiger partial charge in [-0.1, -0.05) is 6.42 Å². The summed E-state index contributed by atoms with van der Waals surface area (Å²) >= 11 is 2.19. The van der Waals surface area contributed by atoms with Crippen LogP contribution in [0.5, 0.6) is 0 Å². The predicted molar refractivity (Wildman–Crippen MR) is 76.3 cm³/mol. The van der Waals surface area contributed by atoms with Crippen molar-refractivity contribution >= 4 is 40.2 Å². The van der Waals surface area contributed by atoms with Crippen molar-refractivity contribution in [1.29, 1.82) is 0 Å². The van der Waals surface area contributed by atoms with E-state index in [9.17, 15) is 9.59 Å². The molecule has 0 unspecified atom stereocenters. The van der Waals surface area contributed by atoms with Gasteiger partial charge in [0.2, 0.25) is 5.91 Å². The Bertz CT molecular complexity index is 466. The normalized spacial score (nSPS) is 16.7. The third-order valence-electron chi connectivity index (χ3n) is 3.39. The van der Waals surface area contributed by atoms with E-state index in [2.05, 4.69) is 27.9 Å². The molecule has 0 saturated heterocycles. The van der Waals surface area contributed by atoms with E-state index in [0.717, 1.165) is 9.99 Å². The zero-order chi connectivity index (χ0) is 13.2. The van der Waals surface area contributed by atoms with Crippen molar-refractivity contribution in [2.45, 2.75) is 25.7 Å². The summed E-state index contributed by atoms with van der Waals surface area (Å²) in [4.78, 5) is 23.0. The molecule has 0 radical (unpaired) electrons. The molecule has 4 nitrogen and oxygen atoms in total. The van der Waals surface area contributed by atoms with Crippen LogP contribution in [0.4, 0.5) is 5.69 Å². The topological polar surface area (TPSA) is 66.4 Å². The lowest BCUT2D eigenvalue weighted by Crippen LogP contribution is -2.41. The van der Waals surface area contributed by atoms with Crippen molar-refractivity contribution in [2.24, 2.45) is 5.41 Å². The Morgan fingerprint density at radius 3 is 2.33 bits per heavy atom. The number of aliphatic carboxylic acids is 1. The number of rotatable bonds is 4. The van der Waals surface area contributed by atoms with Crippen molar-refractivity contribution in [3.05, 3.63) is 27.8 Å². The molecule has 1 saturated carbocycles. The molecule has 5 heteroatoms. The molecule has 0 bridgehead atoms.